The van der Waals surface area contributed by atoms with E-state index in [2.05, 4.69) is 0 Å². The van der Waals surface area contributed by atoms with Gasteiger partial charge in [0.1, 0.15) is 5.75 Å². The van der Waals surface area contributed by atoms with Crippen LogP contribution in [0.1, 0.15) is 12.0 Å². The van der Waals surface area contributed by atoms with E-state index >= 15 is 0 Å². The van der Waals surface area contributed by atoms with Crippen molar-refractivity contribution in [1.29, 1.82) is 0 Å². The van der Waals surface area contributed by atoms with Crippen LogP contribution in [0.3, 0.4) is 0 Å². The Morgan fingerprint density at radius 3 is 2.43 bits per heavy atom. The number of sulfone groups is 1. The average Bonchev–Trinajstić information content (AvgIpc) is 3.01. The van der Waals surface area contributed by atoms with Crippen LogP contribution in [-0.2, 0) is 21.1 Å². The van der Waals surface area contributed by atoms with Gasteiger partial charge in [0.25, 0.3) is 0 Å². The second kappa shape index (κ2) is 8.49. The molecule has 2 aromatic carbocycles. The molecule has 1 amide bonds. The standard InChI is InChI=1S/C21H28N2O4S/c1-22(2)11-12-23(17-10-13-28(25,26)15-17)21(24)14-16-8-9-20(27-3)19-7-5-4-6-18(16)19/h4-9,17H,10-15H2,1-3H3/t17-/m0/s1. The van der Waals surface area contributed by atoms with Crippen LogP contribution in [0.25, 0.3) is 10.8 Å². The van der Waals surface area contributed by atoms with Crippen LogP contribution in [0, 0.1) is 0 Å². The number of likely N-dealkylation sites (N-methyl/N-ethyl adjacent to an activating group) is 1. The lowest BCUT2D eigenvalue weighted by Crippen LogP contribution is -2.45. The highest BCUT2D eigenvalue weighted by molar-refractivity contribution is 7.91. The van der Waals surface area contributed by atoms with E-state index in [0.717, 1.165) is 22.1 Å². The van der Waals surface area contributed by atoms with Gasteiger partial charge in [-0.2, -0.15) is 0 Å². The lowest BCUT2D eigenvalue weighted by atomic mass is 10.0. The molecule has 28 heavy (non-hydrogen) atoms. The van der Waals surface area contributed by atoms with Gasteiger partial charge in [0, 0.05) is 24.5 Å². The number of carbonyl (C=O) groups is 1. The number of fused-ring (bicyclic) bond motifs is 1. The molecule has 0 saturated carbocycles. The van der Waals surface area contributed by atoms with Gasteiger partial charge in [-0.1, -0.05) is 30.3 Å². The van der Waals surface area contributed by atoms with E-state index in [4.69, 9.17) is 4.74 Å². The van der Waals surface area contributed by atoms with E-state index in [0.29, 0.717) is 19.5 Å². The molecule has 1 aliphatic rings. The second-order valence-electron chi connectivity index (χ2n) is 7.60. The van der Waals surface area contributed by atoms with Crippen molar-refractivity contribution in [2.75, 3.05) is 45.8 Å². The molecule has 0 spiro atoms. The van der Waals surface area contributed by atoms with Crippen molar-refractivity contribution < 1.29 is 17.9 Å². The van der Waals surface area contributed by atoms with Gasteiger partial charge in [0.05, 0.1) is 25.0 Å². The number of ether oxygens (including phenoxy) is 1. The van der Waals surface area contributed by atoms with Gasteiger partial charge in [0.15, 0.2) is 9.84 Å². The van der Waals surface area contributed by atoms with Crippen LogP contribution in [0.5, 0.6) is 5.75 Å². The van der Waals surface area contributed by atoms with E-state index in [1.807, 2.05) is 55.4 Å². The van der Waals surface area contributed by atoms with E-state index in [-0.39, 0.29) is 29.9 Å². The first kappa shape index (κ1) is 20.6. The molecule has 1 atom stereocenters. The van der Waals surface area contributed by atoms with Crippen LogP contribution >= 0.6 is 0 Å². The van der Waals surface area contributed by atoms with E-state index in [9.17, 15) is 13.2 Å². The van der Waals surface area contributed by atoms with Crippen LogP contribution < -0.4 is 4.74 Å². The second-order valence-corrected chi connectivity index (χ2v) is 9.83. The molecule has 7 heteroatoms. The minimum Gasteiger partial charge on any atom is -0.496 e. The van der Waals surface area contributed by atoms with Crippen molar-refractivity contribution in [3.05, 3.63) is 42.0 Å². The maximum Gasteiger partial charge on any atom is 0.227 e. The zero-order valence-electron chi connectivity index (χ0n) is 16.7. The highest BCUT2D eigenvalue weighted by atomic mass is 32.2. The molecule has 3 rings (SSSR count). The van der Waals surface area contributed by atoms with Crippen molar-refractivity contribution in [3.63, 3.8) is 0 Å². The zero-order valence-corrected chi connectivity index (χ0v) is 17.5. The molecule has 0 radical (unpaired) electrons. The maximum atomic E-state index is 13.2. The fourth-order valence-corrected chi connectivity index (χ4v) is 5.50. The Kier molecular flexibility index (Phi) is 6.25. The van der Waals surface area contributed by atoms with Gasteiger partial charge >= 0.3 is 0 Å². The number of benzene rings is 2. The predicted molar refractivity (Wildman–Crippen MR) is 112 cm³/mol. The smallest absolute Gasteiger partial charge is 0.227 e. The minimum atomic E-state index is -3.05. The van der Waals surface area contributed by atoms with Crippen molar-refractivity contribution in [3.8, 4) is 5.75 Å². The van der Waals surface area contributed by atoms with Crippen LogP contribution in [-0.4, -0.2) is 76.0 Å². The topological polar surface area (TPSA) is 66.9 Å². The summed E-state index contributed by atoms with van der Waals surface area (Å²) in [4.78, 5) is 17.0. The highest BCUT2D eigenvalue weighted by Crippen LogP contribution is 2.29. The SMILES string of the molecule is COc1ccc(CC(=O)N(CCN(C)C)[C@H]2CCS(=O)(=O)C2)c2ccccc12. The molecule has 0 N–H and O–H groups in total. The van der Waals surface area contributed by atoms with Crippen molar-refractivity contribution in [1.82, 2.24) is 9.80 Å². The summed E-state index contributed by atoms with van der Waals surface area (Å²) in [6, 6.07) is 11.4. The predicted octanol–water partition coefficient (Wildman–Crippen LogP) is 1.97. The third-order valence-corrected chi connectivity index (χ3v) is 7.04. The quantitative estimate of drug-likeness (QED) is 0.706. The Balaban J connectivity index is 1.86. The molecule has 1 saturated heterocycles. The summed E-state index contributed by atoms with van der Waals surface area (Å²) < 4.78 is 29.3. The molecule has 0 aliphatic carbocycles. The van der Waals surface area contributed by atoms with Crippen LogP contribution in [0.15, 0.2) is 36.4 Å². The minimum absolute atomic E-state index is 0.0285. The molecule has 1 fully saturated rings. The zero-order chi connectivity index (χ0) is 20.3. The molecule has 1 heterocycles. The summed E-state index contributed by atoms with van der Waals surface area (Å²) in [5.74, 6) is 0.974. The van der Waals surface area contributed by atoms with Crippen LogP contribution in [0.4, 0.5) is 0 Å². The molecule has 0 unspecified atom stereocenters. The summed E-state index contributed by atoms with van der Waals surface area (Å²) in [5, 5.41) is 1.96. The Hall–Kier alpha value is -2.12. The van der Waals surface area contributed by atoms with Crippen molar-refractivity contribution in [2.24, 2.45) is 0 Å². The Labute approximate surface area is 167 Å². The molecular formula is C21H28N2O4S. The third kappa shape index (κ3) is 4.64. The van der Waals surface area contributed by atoms with Crippen molar-refractivity contribution >= 4 is 26.5 Å². The fraction of sp³-hybridized carbons (Fsp3) is 0.476. The Bertz CT molecular complexity index is 956. The van der Waals surface area contributed by atoms with Gasteiger partial charge in [-0.05, 0) is 37.5 Å². The third-order valence-electron chi connectivity index (χ3n) is 5.29. The monoisotopic (exact) mass is 404 g/mol. The van der Waals surface area contributed by atoms with Gasteiger partial charge < -0.3 is 14.5 Å². The van der Waals surface area contributed by atoms with E-state index < -0.39 is 9.84 Å². The summed E-state index contributed by atoms with van der Waals surface area (Å²) in [5.41, 5.74) is 0.928. The van der Waals surface area contributed by atoms with Gasteiger partial charge in [-0.25, -0.2) is 8.42 Å². The van der Waals surface area contributed by atoms with Gasteiger partial charge in [-0.15, -0.1) is 0 Å². The normalized spacial score (nSPS) is 18.5. The number of rotatable bonds is 7. The summed E-state index contributed by atoms with van der Waals surface area (Å²) in [6.45, 7) is 1.23. The fourth-order valence-electron chi connectivity index (χ4n) is 3.77. The highest BCUT2D eigenvalue weighted by Gasteiger charge is 2.34. The van der Waals surface area contributed by atoms with Gasteiger partial charge in [-0.3, -0.25) is 4.79 Å². The average molecular weight is 405 g/mol. The first-order chi connectivity index (χ1) is 13.3. The van der Waals surface area contributed by atoms with Gasteiger partial charge in [0.2, 0.25) is 5.91 Å². The number of amides is 1. The number of hydrogen-bond acceptors (Lipinski definition) is 5. The van der Waals surface area contributed by atoms with E-state index in [1.54, 1.807) is 12.0 Å². The first-order valence-corrected chi connectivity index (χ1v) is 11.3. The molecule has 0 bridgehead atoms. The molecule has 2 aromatic rings. The summed E-state index contributed by atoms with van der Waals surface area (Å²) >= 11 is 0. The number of methoxy groups -OCH3 is 1. The largest absolute Gasteiger partial charge is 0.496 e. The van der Waals surface area contributed by atoms with Crippen LogP contribution in [0.2, 0.25) is 0 Å². The molecular weight excluding hydrogens is 376 g/mol. The number of hydrogen-bond donors (Lipinski definition) is 0. The maximum absolute atomic E-state index is 13.2. The summed E-state index contributed by atoms with van der Waals surface area (Å²) in [7, 11) is 2.48. The molecule has 1 aliphatic heterocycles. The molecule has 6 nitrogen and oxygen atoms in total. The lowest BCUT2D eigenvalue weighted by molar-refractivity contribution is -0.132. The first-order valence-electron chi connectivity index (χ1n) is 9.50. The molecule has 152 valence electrons. The summed E-state index contributed by atoms with van der Waals surface area (Å²) in [6.07, 6.45) is 0.763. The molecule has 0 aromatic heterocycles. The number of nitrogens with zero attached hydrogens (tertiary/aromatic N) is 2. The van der Waals surface area contributed by atoms with E-state index in [1.165, 1.54) is 0 Å². The number of carbonyl (C=O) groups excluding carboxylic acids is 1. The Morgan fingerprint density at radius 2 is 1.82 bits per heavy atom. The Morgan fingerprint density at radius 1 is 1.11 bits per heavy atom. The lowest BCUT2D eigenvalue weighted by Gasteiger charge is -2.30. The van der Waals surface area contributed by atoms with Crippen molar-refractivity contribution in [2.45, 2.75) is 18.9 Å².